The van der Waals surface area contributed by atoms with E-state index in [1.807, 2.05) is 6.07 Å². The number of aliphatic hydroxyl groups is 1. The molecule has 0 fully saturated rings. The van der Waals surface area contributed by atoms with Crippen molar-refractivity contribution in [1.82, 2.24) is 0 Å². The van der Waals surface area contributed by atoms with Crippen molar-refractivity contribution in [2.75, 3.05) is 4.42 Å². The zero-order chi connectivity index (χ0) is 8.97. The summed E-state index contributed by atoms with van der Waals surface area (Å²) in [6.07, 6.45) is -0.936. The Labute approximate surface area is 75.3 Å². The van der Waals surface area contributed by atoms with Crippen molar-refractivity contribution in [3.05, 3.63) is 30.3 Å². The van der Waals surface area contributed by atoms with E-state index in [-0.39, 0.29) is 0 Å². The zero-order valence-electron chi connectivity index (χ0n) is 6.22. The second-order valence-corrected chi connectivity index (χ2v) is 2.56. The van der Waals surface area contributed by atoms with Crippen molar-refractivity contribution in [2.45, 2.75) is 6.23 Å². The van der Waals surface area contributed by atoms with Gasteiger partial charge in [0.15, 0.2) is 12.5 Å². The lowest BCUT2D eigenvalue weighted by Gasteiger charge is -2.16. The van der Waals surface area contributed by atoms with Gasteiger partial charge in [-0.05, 0) is 12.1 Å². The van der Waals surface area contributed by atoms with Gasteiger partial charge in [0, 0.05) is 11.8 Å². The lowest BCUT2D eigenvalue weighted by Crippen LogP contribution is -2.27. The van der Waals surface area contributed by atoms with Crippen molar-refractivity contribution in [1.29, 1.82) is 0 Å². The molecule has 1 unspecified atom stereocenters. The van der Waals surface area contributed by atoms with Gasteiger partial charge in [0.1, 0.15) is 0 Å². The molecule has 1 aromatic carbocycles. The quantitative estimate of drug-likeness (QED) is 0.437. The molecule has 0 aliphatic carbocycles. The molecule has 0 saturated heterocycles. The Morgan fingerprint density at radius 3 is 2.50 bits per heavy atom. The highest BCUT2D eigenvalue weighted by molar-refractivity contribution is 6.26. The lowest BCUT2D eigenvalue weighted by atomic mass is 10.3. The molecule has 0 aromatic heterocycles. The molecule has 0 heterocycles. The fourth-order valence-electron chi connectivity index (χ4n) is 0.777. The van der Waals surface area contributed by atoms with Crippen molar-refractivity contribution in [3.63, 3.8) is 0 Å². The third-order valence-corrected chi connectivity index (χ3v) is 1.75. The zero-order valence-corrected chi connectivity index (χ0v) is 6.98. The van der Waals surface area contributed by atoms with E-state index >= 15 is 0 Å². The number of rotatable bonds is 3. The number of para-hydroxylation sites is 1. The van der Waals surface area contributed by atoms with E-state index in [4.69, 9.17) is 16.9 Å². The highest BCUT2D eigenvalue weighted by atomic mass is 35.5. The molecule has 1 atom stereocenters. The van der Waals surface area contributed by atoms with Crippen molar-refractivity contribution >= 4 is 23.8 Å². The fourth-order valence-corrected chi connectivity index (χ4v) is 0.935. The summed E-state index contributed by atoms with van der Waals surface area (Å²) in [6.45, 7) is 0. The summed E-state index contributed by atoms with van der Waals surface area (Å²) in [6, 6.07) is 8.74. The van der Waals surface area contributed by atoms with Crippen LogP contribution in [0.25, 0.3) is 0 Å². The largest absolute Gasteiger partial charge is 0.366 e. The minimum absolute atomic E-state index is 0.361. The molecule has 3 nitrogen and oxygen atoms in total. The van der Waals surface area contributed by atoms with Gasteiger partial charge < -0.3 is 5.11 Å². The number of carbonyl (C=O) groups is 1. The summed E-state index contributed by atoms with van der Waals surface area (Å²) in [5.41, 5.74) is 0.582. The highest BCUT2D eigenvalue weighted by Gasteiger charge is 2.11. The maximum Gasteiger partial charge on any atom is 0.198 e. The van der Waals surface area contributed by atoms with Gasteiger partial charge in [-0.3, -0.25) is 9.21 Å². The fraction of sp³-hybridized carbons (Fsp3) is 0.125. The average molecular weight is 186 g/mol. The summed E-state index contributed by atoms with van der Waals surface area (Å²) in [4.78, 5) is 10.1. The summed E-state index contributed by atoms with van der Waals surface area (Å²) < 4.78 is 0.965. The topological polar surface area (TPSA) is 40.5 Å². The Balaban J connectivity index is 2.78. The van der Waals surface area contributed by atoms with Gasteiger partial charge in [-0.1, -0.05) is 18.2 Å². The number of halogens is 1. The third-order valence-electron chi connectivity index (χ3n) is 1.36. The molecule has 1 aromatic rings. The van der Waals surface area contributed by atoms with Gasteiger partial charge in [-0.2, -0.15) is 0 Å². The van der Waals surface area contributed by atoms with Crippen LogP contribution in [0.3, 0.4) is 0 Å². The number of benzene rings is 1. The summed E-state index contributed by atoms with van der Waals surface area (Å²) in [7, 11) is 0. The number of carbonyl (C=O) groups excluding carboxylic acids is 1. The molecule has 4 heteroatoms. The highest BCUT2D eigenvalue weighted by Crippen LogP contribution is 2.16. The molecule has 12 heavy (non-hydrogen) atoms. The van der Waals surface area contributed by atoms with E-state index in [1.165, 1.54) is 0 Å². The molecule has 0 aliphatic heterocycles. The van der Waals surface area contributed by atoms with Crippen molar-refractivity contribution in [3.8, 4) is 0 Å². The van der Waals surface area contributed by atoms with Crippen LogP contribution < -0.4 is 4.42 Å². The molecule has 0 spiro atoms. The van der Waals surface area contributed by atoms with E-state index in [0.717, 1.165) is 4.42 Å². The number of aliphatic hydroxyl groups excluding tert-OH is 1. The lowest BCUT2D eigenvalue weighted by molar-refractivity contribution is -0.114. The Hall–Kier alpha value is -1.06. The number of hydrogen-bond donors (Lipinski definition) is 1. The van der Waals surface area contributed by atoms with E-state index in [2.05, 4.69) is 0 Å². The Bertz CT molecular complexity index is 252. The van der Waals surface area contributed by atoms with Crippen LogP contribution in [-0.2, 0) is 4.79 Å². The molecule has 64 valence electrons. The van der Waals surface area contributed by atoms with Crippen LogP contribution in [0.5, 0.6) is 0 Å². The Kier molecular flexibility index (Phi) is 3.08. The maximum atomic E-state index is 10.1. The van der Waals surface area contributed by atoms with Gasteiger partial charge in [-0.15, -0.1) is 0 Å². The minimum Gasteiger partial charge on any atom is -0.366 e. The first-order chi connectivity index (χ1) is 5.75. The van der Waals surface area contributed by atoms with Gasteiger partial charge in [0.25, 0.3) is 0 Å². The molecular weight excluding hydrogens is 178 g/mol. The average Bonchev–Trinajstić information content (AvgIpc) is 2.17. The number of hydrogen-bond acceptors (Lipinski definition) is 3. The second kappa shape index (κ2) is 4.09. The molecule has 0 amide bonds. The molecular formula is C8H8ClNO2. The first-order valence-corrected chi connectivity index (χ1v) is 3.73. The molecule has 0 aliphatic rings. The van der Waals surface area contributed by atoms with Crippen LogP contribution in [0, 0.1) is 0 Å². The predicted octanol–water partition coefficient (Wildman–Crippen LogP) is 1.16. The van der Waals surface area contributed by atoms with Crippen LogP contribution in [0.15, 0.2) is 30.3 Å². The normalized spacial score (nSPS) is 12.2. The van der Waals surface area contributed by atoms with Crippen LogP contribution in [0.4, 0.5) is 5.69 Å². The summed E-state index contributed by atoms with van der Waals surface area (Å²) in [5, 5.41) is 9.01. The monoisotopic (exact) mass is 185 g/mol. The molecule has 0 radical (unpaired) electrons. The predicted molar refractivity (Wildman–Crippen MR) is 46.8 cm³/mol. The minimum atomic E-state index is -1.30. The van der Waals surface area contributed by atoms with Gasteiger partial charge in [0.2, 0.25) is 0 Å². The summed E-state index contributed by atoms with van der Waals surface area (Å²) in [5.74, 6) is 0. The van der Waals surface area contributed by atoms with Gasteiger partial charge >= 0.3 is 0 Å². The molecule has 0 bridgehead atoms. The first-order valence-electron chi connectivity index (χ1n) is 3.39. The maximum absolute atomic E-state index is 10.1. The first kappa shape index (κ1) is 9.03. The summed E-state index contributed by atoms with van der Waals surface area (Å²) >= 11 is 5.61. The van der Waals surface area contributed by atoms with E-state index in [9.17, 15) is 4.79 Å². The van der Waals surface area contributed by atoms with Crippen molar-refractivity contribution < 1.29 is 9.90 Å². The molecule has 1 rings (SSSR count). The standard InChI is InChI=1S/C8H8ClNO2/c9-10(8(12)6-11)7-4-2-1-3-5-7/h1-6,8,12H. The molecule has 0 saturated carbocycles. The third kappa shape index (κ3) is 1.96. The Morgan fingerprint density at radius 2 is 2.00 bits per heavy atom. The molecule has 1 N–H and O–H groups in total. The number of aldehydes is 1. The smallest absolute Gasteiger partial charge is 0.198 e. The van der Waals surface area contributed by atoms with Crippen LogP contribution in [-0.4, -0.2) is 17.6 Å². The van der Waals surface area contributed by atoms with Gasteiger partial charge in [-0.25, -0.2) is 0 Å². The van der Waals surface area contributed by atoms with Crippen LogP contribution >= 0.6 is 11.8 Å². The Morgan fingerprint density at radius 1 is 1.42 bits per heavy atom. The van der Waals surface area contributed by atoms with Crippen molar-refractivity contribution in [2.24, 2.45) is 0 Å². The van der Waals surface area contributed by atoms with E-state index in [0.29, 0.717) is 12.0 Å². The van der Waals surface area contributed by atoms with Gasteiger partial charge in [0.05, 0.1) is 5.69 Å². The van der Waals surface area contributed by atoms with E-state index in [1.54, 1.807) is 24.3 Å². The second-order valence-electron chi connectivity index (χ2n) is 2.20. The number of anilines is 1. The van der Waals surface area contributed by atoms with Crippen LogP contribution in [0.1, 0.15) is 0 Å². The van der Waals surface area contributed by atoms with Crippen LogP contribution in [0.2, 0.25) is 0 Å². The number of nitrogens with zero attached hydrogens (tertiary/aromatic N) is 1. The van der Waals surface area contributed by atoms with E-state index < -0.39 is 6.23 Å². The SMILES string of the molecule is O=CC(O)N(Cl)c1ccccc1.